The van der Waals surface area contributed by atoms with Crippen LogP contribution in [0.3, 0.4) is 0 Å². The second-order valence-corrected chi connectivity index (χ2v) is 2.86. The monoisotopic (exact) mass is 197 g/mol. The number of nitrogens with zero attached hydrogens (tertiary/aromatic N) is 1. The van der Waals surface area contributed by atoms with Crippen LogP contribution in [0.2, 0.25) is 0 Å². The highest BCUT2D eigenvalue weighted by molar-refractivity contribution is 5.50. The molecule has 0 amide bonds. The molecule has 0 unspecified atom stereocenters. The van der Waals surface area contributed by atoms with Crippen LogP contribution in [0.15, 0.2) is 18.2 Å². The molecule has 0 atom stereocenters. The maximum atomic E-state index is 10.4. The molecule has 3 N–H and O–H groups in total. The zero-order valence-corrected chi connectivity index (χ0v) is 7.39. The lowest BCUT2D eigenvalue weighted by Crippen LogP contribution is -2.33. The third kappa shape index (κ3) is 3.00. The summed E-state index contributed by atoms with van der Waals surface area (Å²) in [6.45, 7) is 1.10. The lowest BCUT2D eigenvalue weighted by atomic mass is 10.3. The smallest absolute Gasteiger partial charge is 0.271 e. The average Bonchev–Trinajstić information content (AvgIpc) is 2.01. The number of benzene rings is 1. The molecule has 1 rings (SSSR count). The summed E-state index contributed by atoms with van der Waals surface area (Å²) in [5, 5.41) is 30.5. The highest BCUT2D eigenvalue weighted by Crippen LogP contribution is 2.18. The van der Waals surface area contributed by atoms with Crippen molar-refractivity contribution in [3.05, 3.63) is 34.4 Å². The molecule has 0 heterocycles. The molecular weight excluding hydrogens is 188 g/mol. The molecule has 0 aromatic heterocycles. The largest absolute Gasteiger partial charge is 0.349 e. The third-order valence-electron chi connectivity index (χ3n) is 1.37. The Labute approximate surface area is 80.0 Å². The Morgan fingerprint density at radius 3 is 2.79 bits per heavy atom. The van der Waals surface area contributed by atoms with Crippen LogP contribution in [0.5, 0.6) is 0 Å². The number of nitro benzene ring substituents is 1. The first kappa shape index (κ1) is 10.4. The van der Waals surface area contributed by atoms with Crippen molar-refractivity contribution < 1.29 is 15.1 Å². The number of nitro groups is 1. The molecule has 0 aliphatic carbocycles. The van der Waals surface area contributed by atoms with E-state index in [1.807, 2.05) is 0 Å². The first-order chi connectivity index (χ1) is 6.38. The van der Waals surface area contributed by atoms with Gasteiger partial charge >= 0.3 is 0 Å². The first-order valence-corrected chi connectivity index (χ1v) is 3.77. The standard InChI is InChI=1S/C8H9N2O4/c1-8(11,12)9-6-3-2-4-7(5-6)10(13)14/h2,4-5,9,11-12H,1H3. The summed E-state index contributed by atoms with van der Waals surface area (Å²) >= 11 is 0. The summed E-state index contributed by atoms with van der Waals surface area (Å²) in [6, 6.07) is 6.33. The van der Waals surface area contributed by atoms with Crippen molar-refractivity contribution in [1.82, 2.24) is 0 Å². The SMILES string of the molecule is CC(O)(O)Nc1[c]ccc([N+](=O)[O-])c1. The summed E-state index contributed by atoms with van der Waals surface area (Å²) in [6.07, 6.45) is 0. The van der Waals surface area contributed by atoms with Gasteiger partial charge in [0.05, 0.1) is 10.6 Å². The summed E-state index contributed by atoms with van der Waals surface area (Å²) < 4.78 is 0. The van der Waals surface area contributed by atoms with Crippen LogP contribution in [-0.4, -0.2) is 21.0 Å². The number of hydrogen-bond donors (Lipinski definition) is 3. The van der Waals surface area contributed by atoms with Gasteiger partial charge in [0, 0.05) is 25.1 Å². The van der Waals surface area contributed by atoms with Crippen molar-refractivity contribution in [3.63, 3.8) is 0 Å². The van der Waals surface area contributed by atoms with Crippen LogP contribution in [0, 0.1) is 16.2 Å². The van der Waals surface area contributed by atoms with E-state index >= 15 is 0 Å². The lowest BCUT2D eigenvalue weighted by molar-refractivity contribution is -0.384. The highest BCUT2D eigenvalue weighted by Gasteiger charge is 2.15. The summed E-state index contributed by atoms with van der Waals surface area (Å²) in [5.41, 5.74) is 0.00204. The van der Waals surface area contributed by atoms with Crippen LogP contribution < -0.4 is 5.32 Å². The molecule has 0 saturated carbocycles. The Morgan fingerprint density at radius 1 is 1.64 bits per heavy atom. The maximum Gasteiger partial charge on any atom is 0.271 e. The summed E-state index contributed by atoms with van der Waals surface area (Å²) in [7, 11) is 0. The topological polar surface area (TPSA) is 95.6 Å². The molecule has 1 aromatic carbocycles. The Balaban J connectivity index is 2.89. The normalized spacial score (nSPS) is 11.1. The molecule has 0 aliphatic rings. The molecule has 6 heteroatoms. The van der Waals surface area contributed by atoms with Crippen molar-refractivity contribution >= 4 is 11.4 Å². The van der Waals surface area contributed by atoms with Gasteiger partial charge in [0.15, 0.2) is 0 Å². The van der Waals surface area contributed by atoms with Crippen molar-refractivity contribution in [1.29, 1.82) is 0 Å². The molecule has 0 bridgehead atoms. The first-order valence-electron chi connectivity index (χ1n) is 3.77. The van der Waals surface area contributed by atoms with E-state index < -0.39 is 10.8 Å². The Kier molecular flexibility index (Phi) is 2.68. The third-order valence-corrected chi connectivity index (χ3v) is 1.37. The second kappa shape index (κ2) is 3.60. The van der Waals surface area contributed by atoms with E-state index in [2.05, 4.69) is 11.4 Å². The van der Waals surface area contributed by atoms with Gasteiger partial charge in [-0.05, 0) is 6.07 Å². The molecule has 0 spiro atoms. The number of non-ortho nitro benzene ring substituents is 1. The van der Waals surface area contributed by atoms with Crippen molar-refractivity contribution in [2.45, 2.75) is 12.8 Å². The minimum Gasteiger partial charge on any atom is -0.349 e. The second-order valence-electron chi connectivity index (χ2n) is 2.86. The van der Waals surface area contributed by atoms with Crippen molar-refractivity contribution in [3.8, 4) is 0 Å². The maximum absolute atomic E-state index is 10.4. The number of hydrogen-bond acceptors (Lipinski definition) is 5. The van der Waals surface area contributed by atoms with E-state index in [4.69, 9.17) is 10.2 Å². The molecule has 6 nitrogen and oxygen atoms in total. The van der Waals surface area contributed by atoms with Gasteiger partial charge in [-0.15, -0.1) is 0 Å². The zero-order chi connectivity index (χ0) is 10.8. The predicted octanol–water partition coefficient (Wildman–Crippen LogP) is 0.465. The van der Waals surface area contributed by atoms with E-state index in [1.54, 1.807) is 0 Å². The highest BCUT2D eigenvalue weighted by atomic mass is 16.6. The number of rotatable bonds is 3. The van der Waals surface area contributed by atoms with E-state index in [-0.39, 0.29) is 11.4 Å². The average molecular weight is 197 g/mol. The van der Waals surface area contributed by atoms with E-state index in [0.717, 1.165) is 13.0 Å². The van der Waals surface area contributed by atoms with Crippen LogP contribution in [0.1, 0.15) is 6.92 Å². The molecular formula is C8H9N2O4. The van der Waals surface area contributed by atoms with E-state index in [0.29, 0.717) is 0 Å². The number of anilines is 1. The Bertz CT molecular complexity index is 345. The van der Waals surface area contributed by atoms with Gasteiger partial charge in [-0.1, -0.05) is 0 Å². The van der Waals surface area contributed by atoms with Crippen LogP contribution in [0.25, 0.3) is 0 Å². The van der Waals surface area contributed by atoms with Gasteiger partial charge in [0.1, 0.15) is 0 Å². The minimum absolute atomic E-state index is 0.143. The van der Waals surface area contributed by atoms with Gasteiger partial charge in [0.2, 0.25) is 5.91 Å². The summed E-state index contributed by atoms with van der Waals surface area (Å²) in [5.74, 6) is -2.12. The van der Waals surface area contributed by atoms with E-state index in [9.17, 15) is 10.1 Å². The van der Waals surface area contributed by atoms with Gasteiger partial charge in [-0.25, -0.2) is 0 Å². The van der Waals surface area contributed by atoms with Gasteiger partial charge in [-0.3, -0.25) is 10.1 Å². The molecule has 75 valence electrons. The van der Waals surface area contributed by atoms with Gasteiger partial charge < -0.3 is 15.5 Å². The Morgan fingerprint density at radius 2 is 2.29 bits per heavy atom. The number of aliphatic hydroxyl groups is 2. The number of nitrogens with one attached hydrogen (secondary N) is 1. The van der Waals surface area contributed by atoms with Gasteiger partial charge in [0.25, 0.3) is 5.69 Å². The van der Waals surface area contributed by atoms with Crippen molar-refractivity contribution in [2.75, 3.05) is 5.32 Å². The van der Waals surface area contributed by atoms with Crippen LogP contribution >= 0.6 is 0 Å². The molecule has 0 saturated heterocycles. The molecule has 1 aromatic rings. The minimum atomic E-state index is -2.12. The molecule has 14 heavy (non-hydrogen) atoms. The quantitative estimate of drug-likeness (QED) is 0.371. The molecule has 0 aliphatic heterocycles. The van der Waals surface area contributed by atoms with E-state index in [1.165, 1.54) is 12.1 Å². The molecule has 1 radical (unpaired) electrons. The summed E-state index contributed by atoms with van der Waals surface area (Å²) in [4.78, 5) is 9.78. The predicted molar refractivity (Wildman–Crippen MR) is 48.4 cm³/mol. The van der Waals surface area contributed by atoms with Crippen LogP contribution in [-0.2, 0) is 0 Å². The van der Waals surface area contributed by atoms with Crippen LogP contribution in [0.4, 0.5) is 11.4 Å². The fourth-order valence-electron chi connectivity index (χ4n) is 0.895. The molecule has 0 fully saturated rings. The van der Waals surface area contributed by atoms with Crippen molar-refractivity contribution in [2.24, 2.45) is 0 Å². The van der Waals surface area contributed by atoms with Gasteiger partial charge in [-0.2, -0.15) is 0 Å². The zero-order valence-electron chi connectivity index (χ0n) is 7.39. The fraction of sp³-hybridized carbons (Fsp3) is 0.250. The fourth-order valence-corrected chi connectivity index (χ4v) is 0.895. The lowest BCUT2D eigenvalue weighted by Gasteiger charge is -2.18. The Hall–Kier alpha value is -1.66.